The average Bonchev–Trinajstić information content (AvgIpc) is 3.45. The topological polar surface area (TPSA) is 141 Å². The standard InChI is InChI=1S/C28H34FN5O6/c1-16-32-23(11-25(33-16)28(37)31-13-18-4-9-22(29)27(10-18)38-3)24-12-26(40-34-24)19-5-7-20(8-6-19)30-14-21(15-35)39-17(2)36/h4,9-11,15,19-21,26,30H,5-8,12-14H2,1-3H3,(H,31,37)/t19?,20?,21-,26?/m0/s1. The van der Waals surface area contributed by atoms with E-state index in [0.717, 1.165) is 25.7 Å². The molecule has 1 saturated carbocycles. The van der Waals surface area contributed by atoms with Gasteiger partial charge in [-0.1, -0.05) is 11.2 Å². The molecule has 0 spiro atoms. The van der Waals surface area contributed by atoms with Crippen molar-refractivity contribution in [2.24, 2.45) is 11.1 Å². The third-order valence-corrected chi connectivity index (χ3v) is 7.10. The van der Waals surface area contributed by atoms with Crippen LogP contribution in [0.4, 0.5) is 4.39 Å². The van der Waals surface area contributed by atoms with Crippen LogP contribution in [0.1, 0.15) is 66.6 Å². The number of ether oxygens (including phenoxy) is 2. The van der Waals surface area contributed by atoms with Crippen molar-refractivity contribution in [2.45, 2.75) is 70.7 Å². The number of esters is 1. The summed E-state index contributed by atoms with van der Waals surface area (Å²) in [6.07, 6.45) is 4.02. The summed E-state index contributed by atoms with van der Waals surface area (Å²) in [6, 6.07) is 6.24. The van der Waals surface area contributed by atoms with Crippen LogP contribution in [0.5, 0.6) is 5.75 Å². The summed E-state index contributed by atoms with van der Waals surface area (Å²) in [5, 5.41) is 10.4. The highest BCUT2D eigenvalue weighted by atomic mass is 19.1. The van der Waals surface area contributed by atoms with E-state index in [0.29, 0.717) is 48.0 Å². The molecule has 1 aromatic carbocycles. The fraction of sp³-hybridized carbons (Fsp3) is 0.500. The Kier molecular flexibility index (Phi) is 9.75. The van der Waals surface area contributed by atoms with Gasteiger partial charge in [0.2, 0.25) is 0 Å². The molecule has 1 unspecified atom stereocenters. The molecule has 2 N–H and O–H groups in total. The number of nitrogens with one attached hydrogen (secondary N) is 2. The minimum absolute atomic E-state index is 0.0827. The van der Waals surface area contributed by atoms with Crippen LogP contribution < -0.4 is 15.4 Å². The first-order valence-electron chi connectivity index (χ1n) is 13.3. The number of rotatable bonds is 11. The third kappa shape index (κ3) is 7.59. The molecule has 2 atom stereocenters. The van der Waals surface area contributed by atoms with Gasteiger partial charge in [-0.3, -0.25) is 14.4 Å². The normalized spacial score (nSPS) is 21.1. The number of aldehydes is 1. The zero-order valence-electron chi connectivity index (χ0n) is 22.8. The van der Waals surface area contributed by atoms with Gasteiger partial charge in [-0.05, 0) is 62.3 Å². The van der Waals surface area contributed by atoms with Crippen LogP contribution in [0.25, 0.3) is 0 Å². The molecule has 40 heavy (non-hydrogen) atoms. The second-order valence-corrected chi connectivity index (χ2v) is 10.0. The van der Waals surface area contributed by atoms with E-state index >= 15 is 0 Å². The number of carbonyl (C=O) groups excluding carboxylic acids is 3. The van der Waals surface area contributed by atoms with E-state index in [1.807, 2.05) is 0 Å². The van der Waals surface area contributed by atoms with E-state index in [1.165, 1.54) is 26.2 Å². The number of halogens is 1. The minimum Gasteiger partial charge on any atom is -0.494 e. The van der Waals surface area contributed by atoms with Crippen LogP contribution in [0.3, 0.4) is 0 Å². The maximum absolute atomic E-state index is 13.7. The predicted octanol–water partition coefficient (Wildman–Crippen LogP) is 2.63. The van der Waals surface area contributed by atoms with Crippen molar-refractivity contribution in [3.8, 4) is 5.75 Å². The third-order valence-electron chi connectivity index (χ3n) is 7.10. The Hall–Kier alpha value is -3.93. The number of methoxy groups -OCH3 is 1. The molecule has 0 saturated heterocycles. The molecule has 2 aliphatic rings. The van der Waals surface area contributed by atoms with Crippen LogP contribution >= 0.6 is 0 Å². The molecule has 2 heterocycles. The van der Waals surface area contributed by atoms with Gasteiger partial charge in [0.15, 0.2) is 24.0 Å². The highest BCUT2D eigenvalue weighted by Gasteiger charge is 2.34. The van der Waals surface area contributed by atoms with E-state index < -0.39 is 17.9 Å². The molecule has 0 bridgehead atoms. The lowest BCUT2D eigenvalue weighted by Gasteiger charge is -2.31. The lowest BCUT2D eigenvalue weighted by molar-refractivity contribution is -0.149. The molecule has 12 heteroatoms. The number of oxime groups is 1. The highest BCUT2D eigenvalue weighted by Crippen LogP contribution is 2.33. The summed E-state index contributed by atoms with van der Waals surface area (Å²) >= 11 is 0. The van der Waals surface area contributed by atoms with Gasteiger partial charge in [0, 0.05) is 32.5 Å². The number of aryl methyl sites for hydroxylation is 1. The van der Waals surface area contributed by atoms with E-state index in [4.69, 9.17) is 14.3 Å². The fourth-order valence-corrected chi connectivity index (χ4v) is 5.03. The van der Waals surface area contributed by atoms with E-state index in [1.54, 1.807) is 19.1 Å². The van der Waals surface area contributed by atoms with E-state index in [2.05, 4.69) is 25.8 Å². The molecule has 1 fully saturated rings. The number of amides is 1. The second-order valence-electron chi connectivity index (χ2n) is 10.0. The summed E-state index contributed by atoms with van der Waals surface area (Å²) < 4.78 is 23.6. The van der Waals surface area contributed by atoms with Gasteiger partial charge < -0.3 is 24.9 Å². The minimum atomic E-state index is -0.779. The lowest BCUT2D eigenvalue weighted by Crippen LogP contribution is -2.41. The Morgan fingerprint density at radius 2 is 1.98 bits per heavy atom. The zero-order chi connectivity index (χ0) is 28.6. The second kappa shape index (κ2) is 13.4. The molecule has 11 nitrogen and oxygen atoms in total. The Labute approximate surface area is 231 Å². The van der Waals surface area contributed by atoms with Crippen LogP contribution in [-0.2, 0) is 25.7 Å². The lowest BCUT2D eigenvalue weighted by atomic mass is 9.81. The SMILES string of the molecule is COc1cc(CNC(=O)c2cc(C3=NOC(C4CCC(NC[C@@H](C=O)OC(C)=O)CC4)C3)nc(C)n2)ccc1F. The fourth-order valence-electron chi connectivity index (χ4n) is 5.03. The van der Waals surface area contributed by atoms with Crippen molar-refractivity contribution in [3.63, 3.8) is 0 Å². The Morgan fingerprint density at radius 3 is 2.67 bits per heavy atom. The van der Waals surface area contributed by atoms with Crippen molar-refractivity contribution in [1.82, 2.24) is 20.6 Å². The van der Waals surface area contributed by atoms with Crippen molar-refractivity contribution < 1.29 is 33.1 Å². The quantitative estimate of drug-likeness (QED) is 0.316. The molecule has 4 rings (SSSR count). The molecule has 2 aromatic rings. The number of benzene rings is 1. The predicted molar refractivity (Wildman–Crippen MR) is 142 cm³/mol. The van der Waals surface area contributed by atoms with Gasteiger partial charge in [0.05, 0.1) is 12.8 Å². The molecular formula is C28H34FN5O6. The van der Waals surface area contributed by atoms with Crippen molar-refractivity contribution in [2.75, 3.05) is 13.7 Å². The largest absolute Gasteiger partial charge is 0.494 e. The maximum atomic E-state index is 13.7. The molecule has 1 amide bonds. The average molecular weight is 556 g/mol. The van der Waals surface area contributed by atoms with Gasteiger partial charge in [-0.25, -0.2) is 14.4 Å². The zero-order valence-corrected chi connectivity index (χ0v) is 22.8. The molecule has 1 aromatic heterocycles. The first kappa shape index (κ1) is 29.1. The van der Waals surface area contributed by atoms with Crippen molar-refractivity contribution >= 4 is 23.9 Å². The molecule has 214 valence electrons. The van der Waals surface area contributed by atoms with Gasteiger partial charge in [0.1, 0.15) is 23.3 Å². The van der Waals surface area contributed by atoms with Gasteiger partial charge in [-0.2, -0.15) is 0 Å². The highest BCUT2D eigenvalue weighted by molar-refractivity contribution is 6.01. The van der Waals surface area contributed by atoms with Crippen LogP contribution in [0, 0.1) is 18.7 Å². The van der Waals surface area contributed by atoms with Gasteiger partial charge in [-0.15, -0.1) is 0 Å². The number of carbonyl (C=O) groups is 3. The van der Waals surface area contributed by atoms with E-state index in [-0.39, 0.29) is 36.0 Å². The summed E-state index contributed by atoms with van der Waals surface area (Å²) in [5.74, 6) is -0.479. The van der Waals surface area contributed by atoms with Crippen LogP contribution in [0.15, 0.2) is 29.4 Å². The molecular weight excluding hydrogens is 521 g/mol. The smallest absolute Gasteiger partial charge is 0.303 e. The van der Waals surface area contributed by atoms with Crippen LogP contribution in [0.2, 0.25) is 0 Å². The Bertz CT molecular complexity index is 1260. The van der Waals surface area contributed by atoms with E-state index in [9.17, 15) is 18.8 Å². The first-order chi connectivity index (χ1) is 19.2. The summed E-state index contributed by atoms with van der Waals surface area (Å²) in [7, 11) is 1.38. The molecule has 0 radical (unpaired) electrons. The number of aromatic nitrogens is 2. The summed E-state index contributed by atoms with van der Waals surface area (Å²) in [5.41, 5.74) is 2.11. The van der Waals surface area contributed by atoms with Gasteiger partial charge >= 0.3 is 5.97 Å². The maximum Gasteiger partial charge on any atom is 0.303 e. The Morgan fingerprint density at radius 1 is 1.20 bits per heavy atom. The number of nitrogens with zero attached hydrogens (tertiary/aromatic N) is 3. The number of hydrogen-bond donors (Lipinski definition) is 2. The van der Waals surface area contributed by atoms with Crippen LogP contribution in [-0.4, -0.2) is 65.7 Å². The molecule has 1 aliphatic heterocycles. The number of hydrogen-bond acceptors (Lipinski definition) is 10. The Balaban J connectivity index is 1.28. The van der Waals surface area contributed by atoms with Crippen molar-refractivity contribution in [1.29, 1.82) is 0 Å². The summed E-state index contributed by atoms with van der Waals surface area (Å²) in [4.78, 5) is 49.6. The molecule has 1 aliphatic carbocycles. The van der Waals surface area contributed by atoms with Crippen molar-refractivity contribution in [3.05, 3.63) is 52.9 Å². The monoisotopic (exact) mass is 555 g/mol. The summed E-state index contributed by atoms with van der Waals surface area (Å²) in [6.45, 7) is 3.47. The first-order valence-corrected chi connectivity index (χ1v) is 13.3. The van der Waals surface area contributed by atoms with Gasteiger partial charge in [0.25, 0.3) is 5.91 Å².